The molecule has 2 aliphatic heterocycles. The van der Waals surface area contributed by atoms with Gasteiger partial charge in [0.25, 0.3) is 6.02 Å². The van der Waals surface area contributed by atoms with Gasteiger partial charge in [0.05, 0.1) is 53.7 Å². The Morgan fingerprint density at radius 2 is 1.47 bits per heavy atom. The van der Waals surface area contributed by atoms with Gasteiger partial charge < -0.3 is 24.4 Å². The van der Waals surface area contributed by atoms with Gasteiger partial charge in [0.2, 0.25) is 5.95 Å². The molecule has 51 heavy (non-hydrogen) atoms. The molecular weight excluding hydrogens is 703 g/mol. The number of morpholine rings is 1. The van der Waals surface area contributed by atoms with E-state index in [0.29, 0.717) is 44.1 Å². The van der Waals surface area contributed by atoms with E-state index in [1.165, 1.54) is 24.2 Å². The number of nitrogens with zero attached hydrogens (tertiary/aromatic N) is 6. The van der Waals surface area contributed by atoms with E-state index in [-0.39, 0.29) is 42.4 Å². The summed E-state index contributed by atoms with van der Waals surface area (Å²) < 4.78 is 136. The molecule has 3 aromatic rings. The molecular formula is C32H31F9N6O4. The van der Waals surface area contributed by atoms with Crippen molar-refractivity contribution in [2.45, 2.75) is 51.0 Å². The number of aliphatic carboxylic acids is 1. The number of ether oxygens (including phenoxy) is 2. The number of aliphatic imine (C=N–C) groups is 1. The smallest absolute Gasteiger partial charge is 0.416 e. The molecule has 276 valence electrons. The second-order valence-corrected chi connectivity index (χ2v) is 12.0. The predicted molar refractivity (Wildman–Crippen MR) is 165 cm³/mol. The van der Waals surface area contributed by atoms with E-state index in [1.54, 1.807) is 6.92 Å². The summed E-state index contributed by atoms with van der Waals surface area (Å²) in [6.07, 6.45) is -12.4. The zero-order valence-corrected chi connectivity index (χ0v) is 27.0. The van der Waals surface area contributed by atoms with Crippen molar-refractivity contribution in [2.75, 3.05) is 54.2 Å². The maximum absolute atomic E-state index is 14.0. The molecule has 0 saturated carbocycles. The summed E-state index contributed by atoms with van der Waals surface area (Å²) in [5.74, 6) is -1.53. The molecule has 1 saturated heterocycles. The van der Waals surface area contributed by atoms with E-state index in [0.717, 1.165) is 23.1 Å². The van der Waals surface area contributed by atoms with Crippen LogP contribution in [0.2, 0.25) is 0 Å². The number of alkyl halides is 9. The van der Waals surface area contributed by atoms with Crippen LogP contribution in [0.3, 0.4) is 0 Å². The summed E-state index contributed by atoms with van der Waals surface area (Å²) >= 11 is 0. The average molecular weight is 735 g/mol. The highest BCUT2D eigenvalue weighted by Gasteiger charge is 2.42. The van der Waals surface area contributed by atoms with Crippen LogP contribution in [-0.2, 0) is 45.9 Å². The zero-order valence-electron chi connectivity index (χ0n) is 27.0. The van der Waals surface area contributed by atoms with Gasteiger partial charge in [-0.15, -0.1) is 0 Å². The maximum Gasteiger partial charge on any atom is 0.416 e. The molecule has 0 amide bonds. The molecule has 2 aromatic carbocycles. The summed E-state index contributed by atoms with van der Waals surface area (Å²) in [5.41, 5.74) is -5.97. The molecule has 3 heterocycles. The number of aromatic nitrogens is 2. The van der Waals surface area contributed by atoms with Crippen molar-refractivity contribution in [3.05, 3.63) is 76.6 Å². The minimum atomic E-state index is -5.15. The Morgan fingerprint density at radius 1 is 0.882 bits per heavy atom. The van der Waals surface area contributed by atoms with Gasteiger partial charge in [-0.25, -0.2) is 19.8 Å². The quantitative estimate of drug-likeness (QED) is 0.243. The van der Waals surface area contributed by atoms with Crippen LogP contribution in [0.15, 0.2) is 53.8 Å². The van der Waals surface area contributed by atoms with Gasteiger partial charge in [0.15, 0.2) is 5.54 Å². The standard InChI is InChI=1S/C32H31F9N6O4/c1-3-47(28-44-29(2,18-51-28)26(48)49)25-5-4-21(30(33,34)35)12-20(25)17-46(27-42-14-24(15-43-27)45-6-8-50-9-7-45)16-19-10-22(31(36,37)38)13-23(11-19)32(39,40)41/h4-5,10-15H,3,6-9,16-18H2,1-2H3,(H,48,49). The molecule has 1 aromatic heterocycles. The van der Waals surface area contributed by atoms with Gasteiger partial charge in [-0.2, -0.15) is 39.5 Å². The fourth-order valence-electron chi connectivity index (χ4n) is 5.49. The Labute approximate surface area is 285 Å². The van der Waals surface area contributed by atoms with Crippen LogP contribution >= 0.6 is 0 Å². The van der Waals surface area contributed by atoms with Crippen LogP contribution in [0, 0.1) is 0 Å². The van der Waals surface area contributed by atoms with E-state index in [2.05, 4.69) is 15.0 Å². The van der Waals surface area contributed by atoms with Crippen LogP contribution in [0.25, 0.3) is 0 Å². The molecule has 0 radical (unpaired) electrons. The SMILES string of the molecule is CCN(C1=NC(C)(C(=O)O)CO1)c1ccc(C(F)(F)F)cc1CN(Cc1cc(C(F)(F)F)cc(C(F)(F)F)c1)c1ncc(N2CCOCC2)cn1. The molecule has 1 N–H and O–H groups in total. The minimum absolute atomic E-state index is 0.0141. The lowest BCUT2D eigenvalue weighted by atomic mass is 10.0. The molecule has 1 unspecified atom stereocenters. The molecule has 5 rings (SSSR count). The van der Waals surface area contributed by atoms with Gasteiger partial charge >= 0.3 is 24.5 Å². The summed E-state index contributed by atoms with van der Waals surface area (Å²) in [7, 11) is 0. The lowest BCUT2D eigenvalue weighted by Gasteiger charge is -2.30. The second kappa shape index (κ2) is 14.1. The van der Waals surface area contributed by atoms with Gasteiger partial charge in [0, 0.05) is 32.7 Å². The normalized spacial score (nSPS) is 18.3. The second-order valence-electron chi connectivity index (χ2n) is 12.0. The highest BCUT2D eigenvalue weighted by Crippen LogP contribution is 2.38. The van der Waals surface area contributed by atoms with Crippen molar-refractivity contribution in [1.82, 2.24) is 9.97 Å². The summed E-state index contributed by atoms with van der Waals surface area (Å²) in [4.78, 5) is 28.9. The minimum Gasteiger partial charge on any atom is -0.479 e. The maximum atomic E-state index is 14.0. The Morgan fingerprint density at radius 3 is 1.98 bits per heavy atom. The van der Waals surface area contributed by atoms with E-state index in [1.807, 2.05) is 4.90 Å². The molecule has 19 heteroatoms. The van der Waals surface area contributed by atoms with Crippen LogP contribution in [0.1, 0.15) is 41.7 Å². The molecule has 1 atom stereocenters. The van der Waals surface area contributed by atoms with Crippen LogP contribution in [0.5, 0.6) is 0 Å². The van der Waals surface area contributed by atoms with Gasteiger partial charge in [-0.05, 0) is 61.4 Å². The van der Waals surface area contributed by atoms with Crippen molar-refractivity contribution < 1.29 is 58.9 Å². The van der Waals surface area contributed by atoms with Crippen LogP contribution < -0.4 is 14.7 Å². The molecule has 10 nitrogen and oxygen atoms in total. The summed E-state index contributed by atoms with van der Waals surface area (Å²) in [6, 6.07) is 3.43. The number of halogens is 9. The number of carboxylic acid groups (broad SMARTS) is 1. The number of hydrogen-bond acceptors (Lipinski definition) is 9. The van der Waals surface area contributed by atoms with Crippen molar-refractivity contribution in [2.24, 2.45) is 4.99 Å². The lowest BCUT2D eigenvalue weighted by molar-refractivity contribution is -0.144. The lowest BCUT2D eigenvalue weighted by Crippen LogP contribution is -2.36. The number of anilines is 3. The van der Waals surface area contributed by atoms with Gasteiger partial charge in [-0.1, -0.05) is 0 Å². The first-order chi connectivity index (χ1) is 23.8. The number of carbonyl (C=O) groups is 1. The Kier molecular flexibility index (Phi) is 10.3. The van der Waals surface area contributed by atoms with E-state index in [4.69, 9.17) is 9.47 Å². The number of benzene rings is 2. The van der Waals surface area contributed by atoms with E-state index in [9.17, 15) is 49.4 Å². The van der Waals surface area contributed by atoms with Gasteiger partial charge in [-0.3, -0.25) is 4.90 Å². The Hall–Kier alpha value is -4.81. The van der Waals surface area contributed by atoms with Crippen molar-refractivity contribution in [1.29, 1.82) is 0 Å². The third kappa shape index (κ3) is 8.57. The average Bonchev–Trinajstić information content (AvgIpc) is 3.47. The van der Waals surface area contributed by atoms with E-state index >= 15 is 0 Å². The fraction of sp³-hybridized carbons (Fsp3) is 0.438. The largest absolute Gasteiger partial charge is 0.479 e. The third-order valence-electron chi connectivity index (χ3n) is 8.20. The highest BCUT2D eigenvalue weighted by molar-refractivity contribution is 5.97. The number of rotatable bonds is 9. The Bertz CT molecular complexity index is 1730. The van der Waals surface area contributed by atoms with E-state index < -0.39 is 65.4 Å². The van der Waals surface area contributed by atoms with Gasteiger partial charge in [0.1, 0.15) is 6.61 Å². The number of amidine groups is 1. The summed E-state index contributed by atoms with van der Waals surface area (Å²) in [5, 5.41) is 9.62. The Balaban J connectivity index is 1.63. The summed E-state index contributed by atoms with van der Waals surface area (Å²) in [6.45, 7) is 3.07. The first-order valence-corrected chi connectivity index (χ1v) is 15.4. The predicted octanol–water partition coefficient (Wildman–Crippen LogP) is 6.63. The first kappa shape index (κ1) is 37.4. The number of hydrogen-bond donors (Lipinski definition) is 1. The highest BCUT2D eigenvalue weighted by atomic mass is 19.4. The first-order valence-electron chi connectivity index (χ1n) is 15.4. The van der Waals surface area contributed by atoms with Crippen molar-refractivity contribution in [3.8, 4) is 0 Å². The molecule has 1 fully saturated rings. The fourth-order valence-corrected chi connectivity index (χ4v) is 5.49. The molecule has 0 spiro atoms. The molecule has 0 aliphatic carbocycles. The topological polar surface area (TPSA) is 104 Å². The number of carboxylic acids is 1. The molecule has 2 aliphatic rings. The van der Waals surface area contributed by atoms with Crippen LogP contribution in [-0.4, -0.2) is 72.1 Å². The zero-order chi connectivity index (χ0) is 37.4. The molecule has 0 bridgehead atoms. The monoisotopic (exact) mass is 734 g/mol. The van der Waals surface area contributed by atoms with Crippen LogP contribution in [0.4, 0.5) is 56.8 Å². The van der Waals surface area contributed by atoms with Crippen molar-refractivity contribution in [3.63, 3.8) is 0 Å². The third-order valence-corrected chi connectivity index (χ3v) is 8.20. The van der Waals surface area contributed by atoms with Crippen molar-refractivity contribution >= 4 is 29.3 Å².